The van der Waals surface area contributed by atoms with Crippen LogP contribution in [0.2, 0.25) is 5.02 Å². The molecule has 0 aromatic heterocycles. The molecule has 36 heavy (non-hydrogen) atoms. The molecule has 0 heterocycles. The zero-order chi connectivity index (χ0) is 26.3. The Morgan fingerprint density at radius 1 is 0.972 bits per heavy atom. The molecule has 9 heteroatoms. The van der Waals surface area contributed by atoms with Crippen LogP contribution in [0.25, 0.3) is 0 Å². The number of nitrogens with zero attached hydrogens (tertiary/aromatic N) is 2. The number of rotatable bonds is 10. The topological polar surface area (TPSA) is 86.8 Å². The Hall–Kier alpha value is -3.36. The fraction of sp³-hybridized carbons (Fsp3) is 0.259. The number of carbonyl (C=O) groups excluding carboxylic acids is 2. The number of aryl methyl sites for hydroxylation is 1. The summed E-state index contributed by atoms with van der Waals surface area (Å²) in [4.78, 5) is 27.9. The van der Waals surface area contributed by atoms with E-state index in [9.17, 15) is 18.0 Å². The third-order valence-electron chi connectivity index (χ3n) is 5.68. The van der Waals surface area contributed by atoms with Gasteiger partial charge >= 0.3 is 0 Å². The smallest absolute Gasteiger partial charge is 0.264 e. The van der Waals surface area contributed by atoms with Crippen molar-refractivity contribution in [3.05, 3.63) is 95.0 Å². The van der Waals surface area contributed by atoms with Gasteiger partial charge in [-0.2, -0.15) is 0 Å². The lowest BCUT2D eigenvalue weighted by atomic mass is 10.1. The van der Waals surface area contributed by atoms with Gasteiger partial charge in [-0.1, -0.05) is 59.6 Å². The van der Waals surface area contributed by atoms with E-state index in [-0.39, 0.29) is 23.0 Å². The van der Waals surface area contributed by atoms with Crippen molar-refractivity contribution in [2.75, 3.05) is 17.4 Å². The molecular formula is C27H30ClN3O4S. The van der Waals surface area contributed by atoms with Crippen LogP contribution in [0.15, 0.2) is 83.8 Å². The summed E-state index contributed by atoms with van der Waals surface area (Å²) in [6, 6.07) is 21.0. The van der Waals surface area contributed by atoms with Gasteiger partial charge in [0.05, 0.1) is 10.6 Å². The van der Waals surface area contributed by atoms with Gasteiger partial charge in [-0.25, -0.2) is 8.42 Å². The minimum absolute atomic E-state index is 0.0507. The van der Waals surface area contributed by atoms with Crippen LogP contribution >= 0.6 is 11.6 Å². The molecule has 1 atom stereocenters. The lowest BCUT2D eigenvalue weighted by molar-refractivity contribution is -0.139. The predicted molar refractivity (Wildman–Crippen MR) is 142 cm³/mol. The first-order valence-electron chi connectivity index (χ1n) is 11.6. The average molecular weight is 528 g/mol. The van der Waals surface area contributed by atoms with Crippen LogP contribution < -0.4 is 9.62 Å². The molecule has 0 saturated carbocycles. The highest BCUT2D eigenvalue weighted by atomic mass is 35.5. The first kappa shape index (κ1) is 27.2. The molecule has 3 aromatic rings. The highest BCUT2D eigenvalue weighted by molar-refractivity contribution is 7.92. The Labute approximate surface area is 217 Å². The molecule has 0 aliphatic rings. The summed E-state index contributed by atoms with van der Waals surface area (Å²) >= 11 is 6.03. The van der Waals surface area contributed by atoms with E-state index in [0.717, 1.165) is 15.4 Å². The predicted octanol–water partition coefficient (Wildman–Crippen LogP) is 4.40. The minimum atomic E-state index is -4.09. The van der Waals surface area contributed by atoms with E-state index < -0.39 is 28.5 Å². The summed E-state index contributed by atoms with van der Waals surface area (Å²) in [5, 5.41) is 3.18. The second-order valence-electron chi connectivity index (χ2n) is 8.38. The second kappa shape index (κ2) is 12.1. The van der Waals surface area contributed by atoms with E-state index in [0.29, 0.717) is 11.6 Å². The van der Waals surface area contributed by atoms with Gasteiger partial charge in [0.25, 0.3) is 10.0 Å². The van der Waals surface area contributed by atoms with Crippen molar-refractivity contribution < 1.29 is 18.0 Å². The van der Waals surface area contributed by atoms with Crippen LogP contribution in [-0.4, -0.2) is 44.3 Å². The van der Waals surface area contributed by atoms with E-state index in [2.05, 4.69) is 5.32 Å². The van der Waals surface area contributed by atoms with Crippen LogP contribution in [0.3, 0.4) is 0 Å². The van der Waals surface area contributed by atoms with Crippen molar-refractivity contribution in [2.24, 2.45) is 0 Å². The Morgan fingerprint density at radius 2 is 1.64 bits per heavy atom. The highest BCUT2D eigenvalue weighted by Crippen LogP contribution is 2.26. The van der Waals surface area contributed by atoms with Gasteiger partial charge < -0.3 is 10.2 Å². The lowest BCUT2D eigenvalue weighted by Gasteiger charge is -2.32. The first-order chi connectivity index (χ1) is 17.1. The number of likely N-dealkylation sites (N-methyl/N-ethyl adjacent to an activating group) is 1. The van der Waals surface area contributed by atoms with E-state index >= 15 is 0 Å². The van der Waals surface area contributed by atoms with Crippen molar-refractivity contribution in [3.63, 3.8) is 0 Å². The second-order valence-corrected chi connectivity index (χ2v) is 10.7. The van der Waals surface area contributed by atoms with Crippen molar-refractivity contribution >= 4 is 39.1 Å². The maximum Gasteiger partial charge on any atom is 0.264 e. The SMILES string of the molecule is CCNC(=O)[C@H](C)N(Cc1cccc(C)c1)C(=O)CN(c1ccc(Cl)cc1)S(=O)(=O)c1ccccc1. The fourth-order valence-corrected chi connectivity index (χ4v) is 5.33. The molecule has 0 bridgehead atoms. The molecule has 3 rings (SSSR count). The van der Waals surface area contributed by atoms with E-state index in [1.807, 2.05) is 31.2 Å². The molecule has 0 unspecified atom stereocenters. The summed E-state index contributed by atoms with van der Waals surface area (Å²) < 4.78 is 28.3. The molecule has 0 aliphatic carbocycles. The van der Waals surface area contributed by atoms with Crippen molar-refractivity contribution in [1.29, 1.82) is 0 Å². The molecule has 1 N–H and O–H groups in total. The standard InChI is InChI=1S/C27H30ClN3O4S/c1-4-29-27(33)21(3)30(18-22-10-8-9-20(2)17-22)26(32)19-31(24-15-13-23(28)14-16-24)36(34,35)25-11-6-5-7-12-25/h5-17,21H,4,18-19H2,1-3H3,(H,29,33)/t21-/m0/s1. The summed E-state index contributed by atoms with van der Waals surface area (Å²) in [7, 11) is -4.09. The Balaban J connectivity index is 2.01. The number of sulfonamides is 1. The number of halogens is 1. The van der Waals surface area contributed by atoms with E-state index in [1.54, 1.807) is 56.3 Å². The van der Waals surface area contributed by atoms with Crippen LogP contribution in [0.1, 0.15) is 25.0 Å². The minimum Gasteiger partial charge on any atom is -0.355 e. The Bertz CT molecular complexity index is 1300. The number of anilines is 1. The molecule has 0 radical (unpaired) electrons. The third-order valence-corrected chi connectivity index (χ3v) is 7.72. The van der Waals surface area contributed by atoms with Crippen LogP contribution in [0.5, 0.6) is 0 Å². The molecule has 190 valence electrons. The number of nitrogens with one attached hydrogen (secondary N) is 1. The van der Waals surface area contributed by atoms with Crippen LogP contribution in [-0.2, 0) is 26.2 Å². The molecule has 3 aromatic carbocycles. The Kier molecular flexibility index (Phi) is 9.12. The fourth-order valence-electron chi connectivity index (χ4n) is 3.77. The summed E-state index contributed by atoms with van der Waals surface area (Å²) in [6.07, 6.45) is 0. The normalized spacial score (nSPS) is 12.0. The van der Waals surface area contributed by atoms with Gasteiger partial charge in [0.15, 0.2) is 0 Å². The van der Waals surface area contributed by atoms with Gasteiger partial charge in [-0.05, 0) is 62.7 Å². The van der Waals surface area contributed by atoms with Crippen molar-refractivity contribution in [3.8, 4) is 0 Å². The molecule has 2 amide bonds. The lowest BCUT2D eigenvalue weighted by Crippen LogP contribution is -2.51. The number of hydrogen-bond donors (Lipinski definition) is 1. The quantitative estimate of drug-likeness (QED) is 0.423. The number of hydrogen-bond acceptors (Lipinski definition) is 4. The van der Waals surface area contributed by atoms with Gasteiger partial charge in [0, 0.05) is 18.1 Å². The van der Waals surface area contributed by atoms with Crippen LogP contribution in [0, 0.1) is 6.92 Å². The van der Waals surface area contributed by atoms with Crippen molar-refractivity contribution in [1.82, 2.24) is 10.2 Å². The molecule has 7 nitrogen and oxygen atoms in total. The molecule has 0 fully saturated rings. The number of benzene rings is 3. The van der Waals surface area contributed by atoms with Gasteiger partial charge in [0.2, 0.25) is 11.8 Å². The molecular weight excluding hydrogens is 498 g/mol. The van der Waals surface area contributed by atoms with Gasteiger partial charge in [-0.15, -0.1) is 0 Å². The highest BCUT2D eigenvalue weighted by Gasteiger charge is 2.32. The van der Waals surface area contributed by atoms with Gasteiger partial charge in [-0.3, -0.25) is 13.9 Å². The van der Waals surface area contributed by atoms with Crippen molar-refractivity contribution in [2.45, 2.75) is 38.3 Å². The maximum absolute atomic E-state index is 13.7. The number of amides is 2. The molecule has 0 saturated heterocycles. The summed E-state index contributed by atoms with van der Waals surface area (Å²) in [6.45, 7) is 5.45. The maximum atomic E-state index is 13.7. The monoisotopic (exact) mass is 527 g/mol. The third kappa shape index (κ3) is 6.65. The first-order valence-corrected chi connectivity index (χ1v) is 13.4. The van der Waals surface area contributed by atoms with Gasteiger partial charge in [0.1, 0.15) is 12.6 Å². The van der Waals surface area contributed by atoms with E-state index in [1.165, 1.54) is 17.0 Å². The zero-order valence-corrected chi connectivity index (χ0v) is 22.1. The summed E-state index contributed by atoms with van der Waals surface area (Å²) in [5.41, 5.74) is 2.14. The van der Waals surface area contributed by atoms with Crippen LogP contribution in [0.4, 0.5) is 5.69 Å². The largest absolute Gasteiger partial charge is 0.355 e. The average Bonchev–Trinajstić information content (AvgIpc) is 2.86. The Morgan fingerprint density at radius 3 is 2.25 bits per heavy atom. The summed E-state index contributed by atoms with van der Waals surface area (Å²) in [5.74, 6) is -0.827. The zero-order valence-electron chi connectivity index (χ0n) is 20.5. The number of carbonyl (C=O) groups is 2. The van der Waals surface area contributed by atoms with E-state index in [4.69, 9.17) is 11.6 Å². The molecule has 0 spiro atoms. The molecule has 0 aliphatic heterocycles.